The number of carbonyl (C=O) groups excluding carboxylic acids is 1. The number of carbonyl (C=O) groups is 1. The van der Waals surface area contributed by atoms with Crippen LogP contribution in [0.3, 0.4) is 0 Å². The molecule has 0 aromatic rings. The van der Waals surface area contributed by atoms with Gasteiger partial charge in [0.25, 0.3) is 0 Å². The number of aliphatic hydroxyl groups excluding tert-OH is 3. The molecule has 57 heavy (non-hydrogen) atoms. The van der Waals surface area contributed by atoms with Crippen molar-refractivity contribution in [2.24, 2.45) is 75.7 Å². The second kappa shape index (κ2) is 15.3. The maximum absolute atomic E-state index is 14.8. The van der Waals surface area contributed by atoms with Crippen molar-refractivity contribution in [1.82, 2.24) is 0 Å². The van der Waals surface area contributed by atoms with E-state index in [2.05, 4.69) is 31.3 Å². The number of nitrogens with two attached hydrogens (primary N) is 2. The van der Waals surface area contributed by atoms with Gasteiger partial charge in [0.15, 0.2) is 5.78 Å². The molecule has 9 aliphatic rings. The van der Waals surface area contributed by atoms with Crippen LogP contribution in [-0.4, -0.2) is 85.7 Å². The van der Waals surface area contributed by atoms with Crippen LogP contribution >= 0.6 is 0 Å². The maximum Gasteiger partial charge on any atom is 0.159 e. The van der Waals surface area contributed by atoms with Gasteiger partial charge in [-0.25, -0.2) is 0 Å². The molecule has 2 heterocycles. The molecule has 9 nitrogen and oxygen atoms in total. The van der Waals surface area contributed by atoms with Crippen molar-refractivity contribution >= 4 is 5.78 Å². The third kappa shape index (κ3) is 6.38. The van der Waals surface area contributed by atoms with Crippen molar-refractivity contribution in [1.29, 1.82) is 0 Å². The van der Waals surface area contributed by atoms with E-state index in [1.807, 2.05) is 6.92 Å². The van der Waals surface area contributed by atoms with Crippen molar-refractivity contribution in [2.75, 3.05) is 6.54 Å². The Morgan fingerprint density at radius 1 is 0.965 bits per heavy atom. The lowest BCUT2D eigenvalue weighted by molar-refractivity contribution is -0.703. The molecule has 5 saturated carbocycles. The Balaban J connectivity index is 1.12. The van der Waals surface area contributed by atoms with E-state index in [4.69, 9.17) is 10.5 Å². The highest BCUT2D eigenvalue weighted by atomic mass is 16.5. The van der Waals surface area contributed by atoms with Crippen LogP contribution in [0.1, 0.15) is 143 Å². The highest BCUT2D eigenvalue weighted by molar-refractivity contribution is 5.95. The molecule has 19 atom stereocenters. The molecule has 1 spiro atoms. The summed E-state index contributed by atoms with van der Waals surface area (Å²) in [7, 11) is 0. The fourth-order valence-corrected chi connectivity index (χ4v) is 16.7. The summed E-state index contributed by atoms with van der Waals surface area (Å²) in [4.78, 5) is 14.8. The molecule has 0 bridgehead atoms. The smallest absolute Gasteiger partial charge is 0.159 e. The average Bonchev–Trinajstić information content (AvgIpc) is 3.52. The first-order valence-electron chi connectivity index (χ1n) is 23.9. The van der Waals surface area contributed by atoms with E-state index in [0.717, 1.165) is 88.7 Å². The standard InChI is InChI=1S/C48H76N2O7/c1-4-8-28-11-16-33-27(2)43(57-39(33)17-12-28)44(54)45(3,55)40-19-20-48(56)35-22-36(51)34-21-37(52)38(53)25-46(34)23-29(31-15-18-41(49)50-26-31)13-14-30(42(35)46)24-47(40,48)32-9-6-5-7-10-32/h13-14,22,27-34,37-44,50,52-56H,4-12,15-21,23-26,49H2,1-3H3/p+1/t27-,28-,29-,30-,31?,33+,34-,37+,38-,39+,40-,41?,42-,43+,44+,45+,46-,47-,48-/m0/s1. The van der Waals surface area contributed by atoms with Gasteiger partial charge in [0, 0.05) is 23.7 Å². The summed E-state index contributed by atoms with van der Waals surface area (Å²) < 4.78 is 6.87. The van der Waals surface area contributed by atoms with Gasteiger partial charge in [-0.1, -0.05) is 64.5 Å². The molecule has 0 aromatic heterocycles. The van der Waals surface area contributed by atoms with Gasteiger partial charge >= 0.3 is 0 Å². The van der Waals surface area contributed by atoms with Gasteiger partial charge < -0.3 is 35.6 Å². The molecule has 9 N–H and O–H groups in total. The van der Waals surface area contributed by atoms with Gasteiger partial charge in [-0.15, -0.1) is 0 Å². The van der Waals surface area contributed by atoms with Crippen LogP contribution in [0.4, 0.5) is 0 Å². The minimum atomic E-state index is -1.53. The highest BCUT2D eigenvalue weighted by Gasteiger charge is 2.75. The number of allylic oxidation sites excluding steroid dienone is 3. The number of aliphatic hydroxyl groups is 5. The van der Waals surface area contributed by atoms with Crippen molar-refractivity contribution < 1.29 is 40.4 Å². The molecule has 2 unspecified atom stereocenters. The van der Waals surface area contributed by atoms with Crippen LogP contribution in [0.25, 0.3) is 0 Å². The topological polar surface area (TPSA) is 170 Å². The summed E-state index contributed by atoms with van der Waals surface area (Å²) in [6.45, 7) is 7.28. The van der Waals surface area contributed by atoms with Crippen LogP contribution in [0.5, 0.6) is 0 Å². The maximum atomic E-state index is 14.8. The molecule has 7 fully saturated rings. The van der Waals surface area contributed by atoms with E-state index >= 15 is 0 Å². The van der Waals surface area contributed by atoms with Crippen LogP contribution in [0.2, 0.25) is 0 Å². The van der Waals surface area contributed by atoms with Crippen LogP contribution in [0.15, 0.2) is 23.8 Å². The monoisotopic (exact) mass is 794 g/mol. The molecule has 2 aliphatic heterocycles. The first-order valence-corrected chi connectivity index (χ1v) is 23.9. The van der Waals surface area contributed by atoms with E-state index in [0.29, 0.717) is 37.5 Å². The zero-order chi connectivity index (χ0) is 40.1. The lowest BCUT2D eigenvalue weighted by Crippen LogP contribution is -2.95. The summed E-state index contributed by atoms with van der Waals surface area (Å²) in [5, 5.41) is 64.6. The minimum absolute atomic E-state index is 0.00537. The number of hydrogen-bond acceptors (Lipinski definition) is 8. The van der Waals surface area contributed by atoms with Gasteiger partial charge in [-0.3, -0.25) is 10.5 Å². The van der Waals surface area contributed by atoms with Gasteiger partial charge in [0.1, 0.15) is 12.3 Å². The Kier molecular flexibility index (Phi) is 11.1. The third-order valence-electron chi connectivity index (χ3n) is 19.3. The number of rotatable bonds is 7. The number of ketones is 1. The first-order chi connectivity index (χ1) is 27.2. The molecule has 2 saturated heterocycles. The molecule has 7 aliphatic carbocycles. The largest absolute Gasteiger partial charge is 0.390 e. The zero-order valence-electron chi connectivity index (χ0n) is 35.3. The van der Waals surface area contributed by atoms with Crippen molar-refractivity contribution in [3.63, 3.8) is 0 Å². The first kappa shape index (κ1) is 41.2. The molecule has 9 rings (SSSR count). The van der Waals surface area contributed by atoms with Crippen molar-refractivity contribution in [2.45, 2.75) is 191 Å². The molecular formula is C48H77N2O7+. The average molecular weight is 794 g/mol. The van der Waals surface area contributed by atoms with E-state index in [1.54, 1.807) is 6.08 Å². The number of quaternary nitrogens is 1. The second-order valence-electron chi connectivity index (χ2n) is 21.9. The van der Waals surface area contributed by atoms with Gasteiger partial charge in [0.05, 0.1) is 42.2 Å². The predicted molar refractivity (Wildman–Crippen MR) is 218 cm³/mol. The highest BCUT2D eigenvalue weighted by Crippen LogP contribution is 2.75. The number of fused-ring (bicyclic) bond motifs is 3. The number of hydrogen-bond donors (Lipinski definition) is 7. The Hall–Kier alpha value is -1.17. The fraction of sp³-hybridized carbons (Fsp3) is 0.896. The van der Waals surface area contributed by atoms with Crippen molar-refractivity contribution in [3.8, 4) is 0 Å². The van der Waals surface area contributed by atoms with Crippen LogP contribution in [-0.2, 0) is 9.53 Å². The number of piperidine rings is 1. The molecular weight excluding hydrogens is 717 g/mol. The van der Waals surface area contributed by atoms with E-state index in [-0.39, 0.29) is 54.1 Å². The number of ether oxygens (including phenoxy) is 1. The molecule has 9 heteroatoms. The Morgan fingerprint density at radius 3 is 2.46 bits per heavy atom. The molecule has 0 aromatic carbocycles. The lowest BCUT2D eigenvalue weighted by Gasteiger charge is -2.66. The van der Waals surface area contributed by atoms with Gasteiger partial charge in [-0.2, -0.15) is 0 Å². The molecule has 0 amide bonds. The van der Waals surface area contributed by atoms with E-state index in [9.17, 15) is 30.3 Å². The quantitative estimate of drug-likeness (QED) is 0.179. The summed E-state index contributed by atoms with van der Waals surface area (Å²) in [6.07, 6.45) is 20.6. The van der Waals surface area contributed by atoms with E-state index < -0.39 is 58.3 Å². The summed E-state index contributed by atoms with van der Waals surface area (Å²) in [5.41, 5.74) is 2.98. The Morgan fingerprint density at radius 2 is 1.72 bits per heavy atom. The SMILES string of the molecule is CCC[C@H]1CC[C@@H]2[C@H](C)[C@H]([C@@H](O)[C@](C)(O)[C@@H]3CC[C@]4(O)C5=CC(=O)[C@@H]6C[C@@H](O)[C@@H](O)C[C@@]67C[C@@H](C6CCC(N)[NH2+]C6)C=C[C@@H](C[C@]34C3CCCCC3)[C@@H]57)O[C@@H]2CC1. The van der Waals surface area contributed by atoms with Crippen LogP contribution < -0.4 is 11.1 Å². The molecule has 0 radical (unpaired) electrons. The fourth-order valence-electron chi connectivity index (χ4n) is 16.7. The molecule has 320 valence electrons. The van der Waals surface area contributed by atoms with Gasteiger partial charge in [-0.05, 0) is 148 Å². The van der Waals surface area contributed by atoms with Crippen LogP contribution in [0, 0.1) is 70.0 Å². The zero-order valence-corrected chi connectivity index (χ0v) is 35.3. The normalized spacial score (nSPS) is 51.7. The summed E-state index contributed by atoms with van der Waals surface area (Å²) in [6, 6.07) is 0. The second-order valence-corrected chi connectivity index (χ2v) is 21.9. The van der Waals surface area contributed by atoms with E-state index in [1.165, 1.54) is 19.3 Å². The predicted octanol–water partition coefficient (Wildman–Crippen LogP) is 4.91. The lowest BCUT2D eigenvalue weighted by atomic mass is 9.39. The third-order valence-corrected chi connectivity index (χ3v) is 19.3. The Labute approximate surface area is 342 Å². The minimum Gasteiger partial charge on any atom is -0.390 e. The summed E-state index contributed by atoms with van der Waals surface area (Å²) in [5.74, 6) is 0.994. The van der Waals surface area contributed by atoms with Gasteiger partial charge in [0.2, 0.25) is 0 Å². The Bertz CT molecular complexity index is 1550. The summed E-state index contributed by atoms with van der Waals surface area (Å²) >= 11 is 0. The van der Waals surface area contributed by atoms with Crippen molar-refractivity contribution in [3.05, 3.63) is 23.8 Å².